The Hall–Kier alpha value is -1.23. The molecule has 128 valence electrons. The van der Waals surface area contributed by atoms with Crippen LogP contribution in [-0.2, 0) is 10.2 Å². The molecule has 0 aromatic heterocycles. The predicted molar refractivity (Wildman–Crippen MR) is 103 cm³/mol. The Morgan fingerprint density at radius 3 is 2.29 bits per heavy atom. The molecular formula is C18H18BrCl2NO2. The van der Waals surface area contributed by atoms with Crippen LogP contribution in [0.3, 0.4) is 0 Å². The minimum absolute atomic E-state index is 0.0459. The van der Waals surface area contributed by atoms with E-state index in [2.05, 4.69) is 42.0 Å². The molecule has 0 bridgehead atoms. The molecule has 6 heteroatoms. The van der Waals surface area contributed by atoms with E-state index < -0.39 is 0 Å². The summed E-state index contributed by atoms with van der Waals surface area (Å²) < 4.78 is 6.39. The lowest BCUT2D eigenvalue weighted by atomic mass is 9.87. The second-order valence-corrected chi connectivity index (χ2v) is 8.12. The van der Waals surface area contributed by atoms with E-state index in [-0.39, 0.29) is 17.9 Å². The Morgan fingerprint density at radius 1 is 1.12 bits per heavy atom. The van der Waals surface area contributed by atoms with Crippen molar-refractivity contribution in [3.8, 4) is 5.75 Å². The van der Waals surface area contributed by atoms with E-state index in [0.29, 0.717) is 21.5 Å². The maximum Gasteiger partial charge on any atom is 0.262 e. The van der Waals surface area contributed by atoms with Gasteiger partial charge in [-0.3, -0.25) is 4.79 Å². The van der Waals surface area contributed by atoms with Gasteiger partial charge < -0.3 is 10.1 Å². The van der Waals surface area contributed by atoms with Gasteiger partial charge in [0.05, 0.1) is 4.47 Å². The third-order valence-corrected chi connectivity index (χ3v) is 4.36. The molecule has 3 nitrogen and oxygen atoms in total. The highest BCUT2D eigenvalue weighted by Crippen LogP contribution is 2.31. The van der Waals surface area contributed by atoms with Crippen LogP contribution >= 0.6 is 39.1 Å². The normalized spacial score (nSPS) is 11.2. The van der Waals surface area contributed by atoms with Gasteiger partial charge in [-0.05, 0) is 57.2 Å². The fourth-order valence-electron chi connectivity index (χ4n) is 2.05. The number of nitrogens with one attached hydrogen (secondary N) is 1. The molecule has 2 aromatic carbocycles. The van der Waals surface area contributed by atoms with Gasteiger partial charge in [0, 0.05) is 15.7 Å². The third kappa shape index (κ3) is 5.40. The van der Waals surface area contributed by atoms with Gasteiger partial charge in [-0.25, -0.2) is 0 Å². The number of carbonyl (C=O) groups is 1. The Kier molecular flexibility index (Phi) is 6.18. The lowest BCUT2D eigenvalue weighted by molar-refractivity contribution is -0.118. The average Bonchev–Trinajstić information content (AvgIpc) is 2.43. The zero-order chi connectivity index (χ0) is 17.9. The first-order valence-electron chi connectivity index (χ1n) is 7.34. The van der Waals surface area contributed by atoms with E-state index in [4.69, 9.17) is 27.9 Å². The van der Waals surface area contributed by atoms with Gasteiger partial charge >= 0.3 is 0 Å². The summed E-state index contributed by atoms with van der Waals surface area (Å²) in [7, 11) is 0. The quantitative estimate of drug-likeness (QED) is 0.638. The number of anilines is 1. The molecule has 0 aliphatic rings. The molecule has 0 fully saturated rings. The van der Waals surface area contributed by atoms with E-state index in [0.717, 1.165) is 4.47 Å². The van der Waals surface area contributed by atoms with Gasteiger partial charge in [0.1, 0.15) is 5.75 Å². The van der Waals surface area contributed by atoms with E-state index in [1.165, 1.54) is 5.56 Å². The maximum atomic E-state index is 12.0. The molecule has 2 aromatic rings. The van der Waals surface area contributed by atoms with Crippen LogP contribution in [-0.4, -0.2) is 12.5 Å². The molecule has 1 amide bonds. The smallest absolute Gasteiger partial charge is 0.262 e. The highest BCUT2D eigenvalue weighted by Gasteiger charge is 2.15. The van der Waals surface area contributed by atoms with Gasteiger partial charge in [-0.1, -0.05) is 50.0 Å². The second-order valence-electron chi connectivity index (χ2n) is 6.39. The number of rotatable bonds is 4. The summed E-state index contributed by atoms with van der Waals surface area (Å²) in [5.74, 6) is 0.322. The van der Waals surface area contributed by atoms with Crippen LogP contribution in [0.4, 0.5) is 5.69 Å². The van der Waals surface area contributed by atoms with Crippen LogP contribution in [0.25, 0.3) is 0 Å². The predicted octanol–water partition coefficient (Wildman–Crippen LogP) is 6.07. The summed E-state index contributed by atoms with van der Waals surface area (Å²) >= 11 is 15.3. The van der Waals surface area contributed by atoms with Crippen molar-refractivity contribution in [2.24, 2.45) is 0 Å². The molecule has 0 radical (unpaired) electrons. The summed E-state index contributed by atoms with van der Waals surface area (Å²) in [6.07, 6.45) is 0. The monoisotopic (exact) mass is 429 g/mol. The maximum absolute atomic E-state index is 12.0. The van der Waals surface area contributed by atoms with Crippen molar-refractivity contribution in [1.82, 2.24) is 0 Å². The van der Waals surface area contributed by atoms with E-state index in [1.54, 1.807) is 18.2 Å². The van der Waals surface area contributed by atoms with Crippen LogP contribution in [0.15, 0.2) is 40.9 Å². The van der Waals surface area contributed by atoms with Crippen molar-refractivity contribution in [2.75, 3.05) is 11.9 Å². The SMILES string of the molecule is CC(C)(C)c1ccc(OCC(=O)Nc2cc(Cl)cc(Cl)c2)c(Br)c1. The second kappa shape index (κ2) is 7.77. The fraction of sp³-hybridized carbons (Fsp3) is 0.278. The molecule has 0 aliphatic heterocycles. The molecule has 0 saturated carbocycles. The van der Waals surface area contributed by atoms with Crippen molar-refractivity contribution >= 4 is 50.7 Å². The van der Waals surface area contributed by atoms with Gasteiger partial charge in [0.25, 0.3) is 5.91 Å². The van der Waals surface area contributed by atoms with Crippen molar-refractivity contribution in [2.45, 2.75) is 26.2 Å². The average molecular weight is 431 g/mol. The zero-order valence-electron chi connectivity index (χ0n) is 13.6. The summed E-state index contributed by atoms with van der Waals surface area (Å²) in [6.45, 7) is 6.30. The van der Waals surface area contributed by atoms with Crippen molar-refractivity contribution in [1.29, 1.82) is 0 Å². The molecular weight excluding hydrogens is 413 g/mol. The number of hydrogen-bond acceptors (Lipinski definition) is 2. The Balaban J connectivity index is 1.99. The van der Waals surface area contributed by atoms with Gasteiger partial charge in [0.15, 0.2) is 6.61 Å². The van der Waals surface area contributed by atoms with Gasteiger partial charge in [0.2, 0.25) is 0 Å². The van der Waals surface area contributed by atoms with E-state index >= 15 is 0 Å². The topological polar surface area (TPSA) is 38.3 Å². The molecule has 2 rings (SSSR count). The van der Waals surface area contributed by atoms with Crippen molar-refractivity contribution in [3.63, 3.8) is 0 Å². The van der Waals surface area contributed by atoms with Crippen LogP contribution < -0.4 is 10.1 Å². The minimum Gasteiger partial charge on any atom is -0.483 e. The standard InChI is InChI=1S/C18H18BrCl2NO2/c1-18(2,3)11-4-5-16(15(19)6-11)24-10-17(23)22-14-8-12(20)7-13(21)9-14/h4-9H,10H2,1-3H3,(H,22,23). The van der Waals surface area contributed by atoms with Crippen LogP contribution in [0.1, 0.15) is 26.3 Å². The van der Waals surface area contributed by atoms with Crippen molar-refractivity contribution < 1.29 is 9.53 Å². The van der Waals surface area contributed by atoms with E-state index in [9.17, 15) is 4.79 Å². The van der Waals surface area contributed by atoms with Crippen LogP contribution in [0, 0.1) is 0 Å². The minimum atomic E-state index is -0.292. The molecule has 0 saturated heterocycles. The number of carbonyl (C=O) groups excluding carboxylic acids is 1. The molecule has 0 spiro atoms. The zero-order valence-corrected chi connectivity index (χ0v) is 16.7. The highest BCUT2D eigenvalue weighted by molar-refractivity contribution is 9.10. The highest BCUT2D eigenvalue weighted by atomic mass is 79.9. The summed E-state index contributed by atoms with van der Waals surface area (Å²) in [4.78, 5) is 12.0. The largest absolute Gasteiger partial charge is 0.483 e. The summed E-state index contributed by atoms with van der Waals surface area (Å²) in [5, 5.41) is 3.62. The van der Waals surface area contributed by atoms with Crippen LogP contribution in [0.5, 0.6) is 5.75 Å². The van der Waals surface area contributed by atoms with Crippen molar-refractivity contribution in [3.05, 3.63) is 56.5 Å². The lowest BCUT2D eigenvalue weighted by Gasteiger charge is -2.20. The Bertz CT molecular complexity index is 737. The summed E-state index contributed by atoms with van der Waals surface area (Å²) in [6, 6.07) is 10.7. The molecule has 0 unspecified atom stereocenters. The number of amides is 1. The Morgan fingerprint density at radius 2 is 1.75 bits per heavy atom. The Labute approximate surface area is 160 Å². The number of benzene rings is 2. The molecule has 0 heterocycles. The first kappa shape index (κ1) is 19.1. The summed E-state index contributed by atoms with van der Waals surface area (Å²) in [5.41, 5.74) is 1.76. The first-order valence-corrected chi connectivity index (χ1v) is 8.89. The number of hydrogen-bond donors (Lipinski definition) is 1. The fourth-order valence-corrected chi connectivity index (χ4v) is 3.07. The van der Waals surface area contributed by atoms with Crippen LogP contribution in [0.2, 0.25) is 10.0 Å². The van der Waals surface area contributed by atoms with Gasteiger partial charge in [-0.2, -0.15) is 0 Å². The molecule has 1 N–H and O–H groups in total. The van der Waals surface area contributed by atoms with E-state index in [1.807, 2.05) is 18.2 Å². The molecule has 0 atom stereocenters. The molecule has 24 heavy (non-hydrogen) atoms. The number of halogens is 3. The lowest BCUT2D eigenvalue weighted by Crippen LogP contribution is -2.20. The first-order chi connectivity index (χ1) is 11.1. The number of ether oxygens (including phenoxy) is 1. The third-order valence-electron chi connectivity index (χ3n) is 3.30. The van der Waals surface area contributed by atoms with Gasteiger partial charge in [-0.15, -0.1) is 0 Å². The molecule has 0 aliphatic carbocycles.